The summed E-state index contributed by atoms with van der Waals surface area (Å²) < 4.78 is 0. The number of nitrogens with one attached hydrogen (secondary N) is 1. The van der Waals surface area contributed by atoms with Gasteiger partial charge in [0.1, 0.15) is 12.1 Å². The van der Waals surface area contributed by atoms with Gasteiger partial charge in [-0.15, -0.1) is 0 Å². The fraction of sp³-hybridized carbons (Fsp3) is 0.625. The van der Waals surface area contributed by atoms with Gasteiger partial charge in [0.2, 0.25) is 11.8 Å². The van der Waals surface area contributed by atoms with Crippen LogP contribution in [0.25, 0.3) is 0 Å². The smallest absolute Gasteiger partial charge is 0.252 e. The van der Waals surface area contributed by atoms with Gasteiger partial charge in [0.05, 0.1) is 0 Å². The van der Waals surface area contributed by atoms with E-state index in [4.69, 9.17) is 0 Å². The topological polar surface area (TPSA) is 66.5 Å². The minimum Gasteiger partial charge on any atom is -0.343 e. The molecule has 2 fully saturated rings. The second kappa shape index (κ2) is 2.55. The summed E-state index contributed by atoms with van der Waals surface area (Å²) >= 11 is 0. The Kier molecular flexibility index (Phi) is 1.61. The van der Waals surface area contributed by atoms with Crippen molar-refractivity contribution < 1.29 is 14.4 Å². The normalized spacial score (nSPS) is 33.3. The number of amides is 3. The number of carbonyl (C=O) groups excluding carboxylic acids is 3. The Balaban J connectivity index is 2.32. The second-order valence-corrected chi connectivity index (χ2v) is 3.39. The van der Waals surface area contributed by atoms with Crippen LogP contribution in [0.4, 0.5) is 0 Å². The molecule has 0 aliphatic carbocycles. The summed E-state index contributed by atoms with van der Waals surface area (Å²) in [5.41, 5.74) is 0. The average molecular weight is 182 g/mol. The molecule has 5 nitrogen and oxygen atoms in total. The third kappa shape index (κ3) is 1.03. The quantitative estimate of drug-likeness (QED) is 0.490. The number of piperazine rings is 1. The number of fused-ring (bicyclic) bond motifs is 1. The summed E-state index contributed by atoms with van der Waals surface area (Å²) in [4.78, 5) is 35.1. The number of hydrogen-bond acceptors (Lipinski definition) is 3. The first-order valence-electron chi connectivity index (χ1n) is 4.27. The Morgan fingerprint density at radius 3 is 2.77 bits per heavy atom. The zero-order valence-electron chi connectivity index (χ0n) is 7.24. The molecule has 0 radical (unpaired) electrons. The Hall–Kier alpha value is -1.39. The van der Waals surface area contributed by atoms with Crippen molar-refractivity contribution in [3.05, 3.63) is 0 Å². The van der Waals surface area contributed by atoms with Gasteiger partial charge in [-0.2, -0.15) is 0 Å². The molecule has 0 saturated carbocycles. The van der Waals surface area contributed by atoms with E-state index in [1.165, 1.54) is 0 Å². The van der Waals surface area contributed by atoms with Gasteiger partial charge in [-0.25, -0.2) is 0 Å². The first kappa shape index (κ1) is 8.22. The van der Waals surface area contributed by atoms with Crippen LogP contribution in [0.2, 0.25) is 0 Å². The predicted molar refractivity (Wildman–Crippen MR) is 42.5 cm³/mol. The molecule has 2 rings (SSSR count). The highest BCUT2D eigenvalue weighted by atomic mass is 16.2. The van der Waals surface area contributed by atoms with E-state index in [9.17, 15) is 14.4 Å². The molecule has 0 aromatic carbocycles. The van der Waals surface area contributed by atoms with E-state index in [-0.39, 0.29) is 17.7 Å². The van der Waals surface area contributed by atoms with Crippen molar-refractivity contribution in [2.45, 2.75) is 31.8 Å². The monoisotopic (exact) mass is 182 g/mol. The van der Waals surface area contributed by atoms with Crippen molar-refractivity contribution >= 4 is 17.7 Å². The second-order valence-electron chi connectivity index (χ2n) is 3.39. The predicted octanol–water partition coefficient (Wildman–Crippen LogP) is -0.978. The summed E-state index contributed by atoms with van der Waals surface area (Å²) in [6.07, 6.45) is 0.764. The lowest BCUT2D eigenvalue weighted by Gasteiger charge is -2.31. The molecule has 5 heteroatoms. The molecule has 0 aromatic heterocycles. The van der Waals surface area contributed by atoms with Crippen LogP contribution in [0.1, 0.15) is 19.8 Å². The molecule has 1 N–H and O–H groups in total. The molecule has 2 saturated heterocycles. The molecule has 2 unspecified atom stereocenters. The van der Waals surface area contributed by atoms with E-state index in [1.54, 1.807) is 6.92 Å². The molecule has 70 valence electrons. The molecular weight excluding hydrogens is 172 g/mol. The van der Waals surface area contributed by atoms with Crippen LogP contribution in [0.5, 0.6) is 0 Å². The van der Waals surface area contributed by atoms with Gasteiger partial charge < -0.3 is 5.32 Å². The maximum atomic E-state index is 11.5. The van der Waals surface area contributed by atoms with Crippen LogP contribution in [0, 0.1) is 0 Å². The Morgan fingerprint density at radius 1 is 1.38 bits per heavy atom. The largest absolute Gasteiger partial charge is 0.343 e. The Morgan fingerprint density at radius 2 is 2.08 bits per heavy atom. The molecule has 2 heterocycles. The third-order valence-electron chi connectivity index (χ3n) is 2.48. The maximum Gasteiger partial charge on any atom is 0.252 e. The van der Waals surface area contributed by atoms with Crippen LogP contribution in [0.3, 0.4) is 0 Å². The Bertz CT molecular complexity index is 300. The van der Waals surface area contributed by atoms with Crippen molar-refractivity contribution in [2.24, 2.45) is 0 Å². The lowest BCUT2D eigenvalue weighted by Crippen LogP contribution is -2.61. The third-order valence-corrected chi connectivity index (χ3v) is 2.48. The highest BCUT2D eigenvalue weighted by Crippen LogP contribution is 2.22. The van der Waals surface area contributed by atoms with Crippen molar-refractivity contribution in [3.8, 4) is 0 Å². The minimum atomic E-state index is -0.564. The zero-order valence-corrected chi connectivity index (χ0v) is 7.24. The fourth-order valence-electron chi connectivity index (χ4n) is 1.79. The summed E-state index contributed by atoms with van der Waals surface area (Å²) in [5, 5.41) is 2.54. The van der Waals surface area contributed by atoms with E-state index in [0.29, 0.717) is 12.8 Å². The Labute approximate surface area is 75.1 Å². The molecule has 0 spiro atoms. The van der Waals surface area contributed by atoms with Crippen LogP contribution in [0.15, 0.2) is 0 Å². The van der Waals surface area contributed by atoms with Gasteiger partial charge in [0.15, 0.2) is 0 Å². The molecule has 2 aliphatic rings. The average Bonchev–Trinajstić information content (AvgIpc) is 2.44. The van der Waals surface area contributed by atoms with Gasteiger partial charge in [-0.3, -0.25) is 19.3 Å². The van der Waals surface area contributed by atoms with Gasteiger partial charge >= 0.3 is 0 Å². The van der Waals surface area contributed by atoms with Crippen LogP contribution in [-0.4, -0.2) is 34.7 Å². The highest BCUT2D eigenvalue weighted by Gasteiger charge is 2.45. The zero-order chi connectivity index (χ0) is 9.59. The van der Waals surface area contributed by atoms with E-state index in [2.05, 4.69) is 5.32 Å². The molecule has 2 aliphatic heterocycles. The minimum absolute atomic E-state index is 0.210. The van der Waals surface area contributed by atoms with E-state index < -0.39 is 12.1 Å². The van der Waals surface area contributed by atoms with Crippen LogP contribution < -0.4 is 5.32 Å². The number of nitrogens with zero attached hydrogens (tertiary/aromatic N) is 1. The van der Waals surface area contributed by atoms with Crippen molar-refractivity contribution in [1.82, 2.24) is 10.2 Å². The van der Waals surface area contributed by atoms with E-state index >= 15 is 0 Å². The molecule has 13 heavy (non-hydrogen) atoms. The van der Waals surface area contributed by atoms with Gasteiger partial charge in [0.25, 0.3) is 5.91 Å². The number of imide groups is 1. The van der Waals surface area contributed by atoms with Gasteiger partial charge in [-0.05, 0) is 13.3 Å². The molecule has 0 aromatic rings. The summed E-state index contributed by atoms with van der Waals surface area (Å²) in [7, 11) is 0. The molecule has 3 amide bonds. The summed E-state index contributed by atoms with van der Waals surface area (Å²) in [6.45, 7) is 1.59. The van der Waals surface area contributed by atoms with Crippen molar-refractivity contribution in [3.63, 3.8) is 0 Å². The van der Waals surface area contributed by atoms with E-state index in [0.717, 1.165) is 4.90 Å². The number of carbonyl (C=O) groups is 3. The van der Waals surface area contributed by atoms with Crippen LogP contribution >= 0.6 is 0 Å². The lowest BCUT2D eigenvalue weighted by molar-refractivity contribution is -0.153. The van der Waals surface area contributed by atoms with E-state index in [1.807, 2.05) is 0 Å². The lowest BCUT2D eigenvalue weighted by atomic mass is 10.1. The maximum absolute atomic E-state index is 11.5. The van der Waals surface area contributed by atoms with Gasteiger partial charge in [-0.1, -0.05) is 0 Å². The standard InChI is InChI=1S/C8H10N2O3/c1-4-8(13)10-5(7(12)9-4)2-3-6(10)11/h4-5H,2-3H2,1H3,(H,9,12). The van der Waals surface area contributed by atoms with Crippen molar-refractivity contribution in [1.29, 1.82) is 0 Å². The summed E-state index contributed by atoms with van der Waals surface area (Å²) in [6, 6.07) is -1.11. The molecule has 2 atom stereocenters. The number of rotatable bonds is 0. The highest BCUT2D eigenvalue weighted by molar-refractivity contribution is 6.08. The first-order chi connectivity index (χ1) is 6.11. The first-order valence-corrected chi connectivity index (χ1v) is 4.27. The van der Waals surface area contributed by atoms with Gasteiger partial charge in [0, 0.05) is 6.42 Å². The SMILES string of the molecule is CC1NC(=O)C2CCC(=O)N2C1=O. The molecule has 0 bridgehead atoms. The summed E-state index contributed by atoms with van der Waals surface area (Å²) in [5.74, 6) is -0.721. The van der Waals surface area contributed by atoms with Crippen molar-refractivity contribution in [2.75, 3.05) is 0 Å². The fourth-order valence-corrected chi connectivity index (χ4v) is 1.79. The van der Waals surface area contributed by atoms with Crippen LogP contribution in [-0.2, 0) is 14.4 Å². The molecular formula is C8H10N2O3. The number of hydrogen-bond donors (Lipinski definition) is 1.